The highest BCUT2D eigenvalue weighted by Gasteiger charge is 2.18. The maximum absolute atomic E-state index is 10.3. The van der Waals surface area contributed by atoms with Gasteiger partial charge in [0.25, 0.3) is 0 Å². The quantitative estimate of drug-likeness (QED) is 0.564. The van der Waals surface area contributed by atoms with Crippen molar-refractivity contribution in [2.24, 2.45) is 0 Å². The summed E-state index contributed by atoms with van der Waals surface area (Å²) >= 11 is 7.23. The van der Waals surface area contributed by atoms with Crippen LogP contribution in [0.4, 0.5) is 0 Å². The Morgan fingerprint density at radius 1 is 1.09 bits per heavy atom. The van der Waals surface area contributed by atoms with Gasteiger partial charge in [0.1, 0.15) is 15.5 Å². The van der Waals surface area contributed by atoms with Gasteiger partial charge in [-0.05, 0) is 36.4 Å². The zero-order valence-corrected chi connectivity index (χ0v) is 12.7. The van der Waals surface area contributed by atoms with E-state index in [1.165, 1.54) is 11.3 Å². The topological polar surface area (TPSA) is 59.2 Å². The Morgan fingerprint density at radius 2 is 1.91 bits per heavy atom. The van der Waals surface area contributed by atoms with Crippen LogP contribution in [0.1, 0.15) is 0 Å². The van der Waals surface area contributed by atoms with Crippen LogP contribution in [0.15, 0.2) is 53.2 Å². The number of aromatic hydroxyl groups is 1. The summed E-state index contributed by atoms with van der Waals surface area (Å²) in [5.74, 6) is 1.15. The summed E-state index contributed by atoms with van der Waals surface area (Å²) in [6, 6.07) is 10.9. The fourth-order valence-corrected chi connectivity index (χ4v) is 3.29. The summed E-state index contributed by atoms with van der Waals surface area (Å²) in [7, 11) is 0. The van der Waals surface area contributed by atoms with Crippen LogP contribution in [0.2, 0.25) is 5.02 Å². The zero-order valence-electron chi connectivity index (χ0n) is 11.2. The molecule has 0 atom stereocenters. The number of oxazole rings is 1. The number of halogens is 1. The van der Waals surface area contributed by atoms with Gasteiger partial charge in [0.2, 0.25) is 5.89 Å². The molecule has 3 aromatic heterocycles. The van der Waals surface area contributed by atoms with Crippen LogP contribution >= 0.6 is 22.9 Å². The Bertz CT molecular complexity index is 960. The average Bonchev–Trinajstić information content (AvgIpc) is 3.14. The van der Waals surface area contributed by atoms with Crippen molar-refractivity contribution in [1.82, 2.24) is 9.97 Å². The Hall–Kier alpha value is -2.37. The first kappa shape index (κ1) is 13.3. The molecular formula is C16H9ClN2O2S. The standard InChI is InChI=1S/C16H9ClN2O2S/c17-10-5-3-9(4-6-10)12-8-19-15(21-12)14-13(20)11-2-1-7-18-16(11)22-14/h1-8,20H. The minimum Gasteiger partial charge on any atom is -0.506 e. The Morgan fingerprint density at radius 3 is 2.68 bits per heavy atom. The van der Waals surface area contributed by atoms with Gasteiger partial charge in [-0.25, -0.2) is 9.97 Å². The van der Waals surface area contributed by atoms with Crippen LogP contribution in [0.25, 0.3) is 32.3 Å². The molecule has 22 heavy (non-hydrogen) atoms. The van der Waals surface area contributed by atoms with Crippen molar-refractivity contribution in [2.45, 2.75) is 0 Å². The minimum absolute atomic E-state index is 0.151. The van der Waals surface area contributed by atoms with Crippen LogP contribution in [-0.4, -0.2) is 15.1 Å². The summed E-state index contributed by atoms with van der Waals surface area (Å²) in [5, 5.41) is 11.7. The molecule has 4 aromatic rings. The lowest BCUT2D eigenvalue weighted by Gasteiger charge is -1.96. The Kier molecular flexibility index (Phi) is 3.10. The number of pyridine rings is 1. The first-order chi connectivity index (χ1) is 10.7. The van der Waals surface area contributed by atoms with Gasteiger partial charge in [0, 0.05) is 16.8 Å². The third-order valence-corrected chi connectivity index (χ3v) is 4.61. The number of hydrogen-bond acceptors (Lipinski definition) is 5. The molecule has 1 aromatic carbocycles. The minimum atomic E-state index is 0.151. The van der Waals surface area contributed by atoms with Crippen molar-refractivity contribution in [1.29, 1.82) is 0 Å². The largest absolute Gasteiger partial charge is 0.506 e. The first-order valence-electron chi connectivity index (χ1n) is 6.51. The number of benzene rings is 1. The number of thiophene rings is 1. The van der Waals surface area contributed by atoms with Crippen LogP contribution in [0, 0.1) is 0 Å². The van der Waals surface area contributed by atoms with Gasteiger partial charge < -0.3 is 9.52 Å². The van der Waals surface area contributed by atoms with Gasteiger partial charge in [-0.3, -0.25) is 0 Å². The molecule has 0 saturated heterocycles. The SMILES string of the molecule is Oc1c(-c2ncc(-c3ccc(Cl)cc3)o2)sc2ncccc12. The van der Waals surface area contributed by atoms with Crippen LogP contribution in [-0.2, 0) is 0 Å². The molecule has 0 bridgehead atoms. The number of hydrogen-bond donors (Lipinski definition) is 1. The average molecular weight is 329 g/mol. The van der Waals surface area contributed by atoms with Crippen LogP contribution in [0.5, 0.6) is 5.75 Å². The van der Waals surface area contributed by atoms with E-state index in [1.807, 2.05) is 18.2 Å². The highest BCUT2D eigenvalue weighted by atomic mass is 35.5. The number of rotatable bonds is 2. The van der Waals surface area contributed by atoms with Gasteiger partial charge in [-0.1, -0.05) is 11.6 Å². The molecule has 0 spiro atoms. The van der Waals surface area contributed by atoms with Crippen molar-refractivity contribution in [3.63, 3.8) is 0 Å². The van der Waals surface area contributed by atoms with Crippen molar-refractivity contribution in [3.8, 4) is 27.8 Å². The molecule has 0 fully saturated rings. The summed E-state index contributed by atoms with van der Waals surface area (Å²) in [5.41, 5.74) is 0.877. The summed E-state index contributed by atoms with van der Waals surface area (Å²) in [4.78, 5) is 9.83. The first-order valence-corrected chi connectivity index (χ1v) is 7.70. The molecule has 0 aliphatic rings. The lowest BCUT2D eigenvalue weighted by molar-refractivity contribution is 0.481. The van der Waals surface area contributed by atoms with E-state index >= 15 is 0 Å². The van der Waals surface area contributed by atoms with E-state index in [-0.39, 0.29) is 5.75 Å². The van der Waals surface area contributed by atoms with E-state index in [0.29, 0.717) is 26.9 Å². The highest BCUT2D eigenvalue weighted by molar-refractivity contribution is 7.22. The molecule has 0 aliphatic heterocycles. The molecule has 3 heterocycles. The predicted molar refractivity (Wildman–Crippen MR) is 87.2 cm³/mol. The molecule has 0 radical (unpaired) electrons. The van der Waals surface area contributed by atoms with Gasteiger partial charge in [0.05, 0.1) is 11.6 Å². The third-order valence-electron chi connectivity index (χ3n) is 3.27. The molecule has 0 unspecified atom stereocenters. The maximum Gasteiger partial charge on any atom is 0.240 e. The van der Waals surface area contributed by atoms with E-state index in [9.17, 15) is 5.11 Å². The molecule has 4 nitrogen and oxygen atoms in total. The second-order valence-corrected chi connectivity index (χ2v) is 6.11. The van der Waals surface area contributed by atoms with Gasteiger partial charge >= 0.3 is 0 Å². The van der Waals surface area contributed by atoms with Gasteiger partial charge in [0.15, 0.2) is 5.76 Å². The molecule has 108 valence electrons. The van der Waals surface area contributed by atoms with Crippen molar-refractivity contribution < 1.29 is 9.52 Å². The molecule has 1 N–H and O–H groups in total. The monoisotopic (exact) mass is 328 g/mol. The van der Waals surface area contributed by atoms with Crippen molar-refractivity contribution >= 4 is 33.2 Å². The third kappa shape index (κ3) is 2.15. The zero-order chi connectivity index (χ0) is 15.1. The van der Waals surface area contributed by atoms with E-state index in [2.05, 4.69) is 9.97 Å². The summed E-state index contributed by atoms with van der Waals surface area (Å²) < 4.78 is 5.77. The van der Waals surface area contributed by atoms with Gasteiger partial charge in [-0.15, -0.1) is 11.3 Å². The van der Waals surface area contributed by atoms with Crippen LogP contribution < -0.4 is 0 Å². The van der Waals surface area contributed by atoms with Crippen molar-refractivity contribution in [2.75, 3.05) is 0 Å². The second kappa shape index (κ2) is 5.12. The number of aromatic nitrogens is 2. The summed E-state index contributed by atoms with van der Waals surface area (Å²) in [6.45, 7) is 0. The fraction of sp³-hybridized carbons (Fsp3) is 0. The fourth-order valence-electron chi connectivity index (χ4n) is 2.19. The summed E-state index contributed by atoms with van der Waals surface area (Å²) in [6.07, 6.45) is 3.33. The lowest BCUT2D eigenvalue weighted by atomic mass is 10.2. The Labute approximate surface area is 134 Å². The molecule has 6 heteroatoms. The number of fused-ring (bicyclic) bond motifs is 1. The molecule has 0 aliphatic carbocycles. The normalized spacial score (nSPS) is 11.1. The van der Waals surface area contributed by atoms with E-state index in [4.69, 9.17) is 16.0 Å². The molecular weight excluding hydrogens is 320 g/mol. The predicted octanol–water partition coefficient (Wildman–Crippen LogP) is 4.98. The van der Waals surface area contributed by atoms with Gasteiger partial charge in [-0.2, -0.15) is 0 Å². The molecule has 0 amide bonds. The van der Waals surface area contributed by atoms with Crippen molar-refractivity contribution in [3.05, 3.63) is 53.8 Å². The lowest BCUT2D eigenvalue weighted by Crippen LogP contribution is -1.72. The van der Waals surface area contributed by atoms with E-state index in [1.54, 1.807) is 30.6 Å². The Balaban J connectivity index is 1.80. The second-order valence-electron chi connectivity index (χ2n) is 4.67. The van der Waals surface area contributed by atoms with Crippen LogP contribution in [0.3, 0.4) is 0 Å². The smallest absolute Gasteiger partial charge is 0.240 e. The molecule has 0 saturated carbocycles. The number of nitrogens with zero attached hydrogens (tertiary/aromatic N) is 2. The molecule has 4 rings (SSSR count). The highest BCUT2D eigenvalue weighted by Crippen LogP contribution is 2.42. The van der Waals surface area contributed by atoms with E-state index in [0.717, 1.165) is 10.4 Å². The maximum atomic E-state index is 10.3. The van der Waals surface area contributed by atoms with E-state index < -0.39 is 0 Å².